The summed E-state index contributed by atoms with van der Waals surface area (Å²) >= 11 is 6.13. The van der Waals surface area contributed by atoms with Crippen molar-refractivity contribution in [2.45, 2.75) is 58.2 Å². The van der Waals surface area contributed by atoms with Crippen LogP contribution >= 0.6 is 11.6 Å². The molecule has 148 valence electrons. The van der Waals surface area contributed by atoms with Crippen molar-refractivity contribution in [2.75, 3.05) is 6.61 Å². The van der Waals surface area contributed by atoms with E-state index in [0.717, 1.165) is 22.8 Å². The highest BCUT2D eigenvalue weighted by Gasteiger charge is 2.38. The predicted octanol–water partition coefficient (Wildman–Crippen LogP) is 6.83. The van der Waals surface area contributed by atoms with Crippen LogP contribution in [0.1, 0.15) is 57.1 Å². The fourth-order valence-corrected chi connectivity index (χ4v) is 4.11. The van der Waals surface area contributed by atoms with Gasteiger partial charge in [0.15, 0.2) is 0 Å². The second-order valence-corrected chi connectivity index (χ2v) is 13.6. The highest BCUT2D eigenvalue weighted by molar-refractivity contribution is 6.74. The molecule has 0 bridgehead atoms. The maximum Gasteiger partial charge on any atom is 0.250 e. The molecule has 2 rings (SSSR count). The molecule has 1 aromatic heterocycles. The first-order valence-electron chi connectivity index (χ1n) is 9.37. The summed E-state index contributed by atoms with van der Waals surface area (Å²) in [5.41, 5.74) is 1.04. The van der Waals surface area contributed by atoms with E-state index < -0.39 is 8.32 Å². The number of rotatable bonds is 7. The Labute approximate surface area is 169 Å². The summed E-state index contributed by atoms with van der Waals surface area (Å²) in [7, 11) is -1.87. The lowest BCUT2D eigenvalue weighted by Gasteiger charge is -2.36. The van der Waals surface area contributed by atoms with Crippen LogP contribution in [-0.4, -0.2) is 20.0 Å². The number of hydrogen-bond acceptors (Lipinski definition) is 3. The van der Waals surface area contributed by atoms with Gasteiger partial charge in [-0.05, 0) is 61.3 Å². The SMILES string of the molecule is C/C(=C/c1ccc([C@@H](CCO)c2cccc(Cl)c2)o1)O[Si](C)(C)C(C)(C)C. The van der Waals surface area contributed by atoms with Crippen molar-refractivity contribution in [3.63, 3.8) is 0 Å². The Hall–Kier alpha value is -1.49. The number of furan rings is 1. The third-order valence-electron chi connectivity index (χ3n) is 5.23. The van der Waals surface area contributed by atoms with Crippen molar-refractivity contribution >= 4 is 26.0 Å². The van der Waals surface area contributed by atoms with Crippen LogP contribution in [0.15, 0.2) is 46.6 Å². The third kappa shape index (κ3) is 5.74. The number of allylic oxidation sites excluding steroid dienone is 1. The predicted molar refractivity (Wildman–Crippen MR) is 116 cm³/mol. The van der Waals surface area contributed by atoms with E-state index in [-0.39, 0.29) is 17.6 Å². The zero-order valence-corrected chi connectivity index (χ0v) is 18.9. The summed E-state index contributed by atoms with van der Waals surface area (Å²) in [6.45, 7) is 13.2. The lowest BCUT2D eigenvalue weighted by atomic mass is 9.94. The van der Waals surface area contributed by atoms with Crippen LogP contribution in [0.2, 0.25) is 23.2 Å². The summed E-state index contributed by atoms with van der Waals surface area (Å²) in [6, 6.07) is 11.6. The van der Waals surface area contributed by atoms with Crippen molar-refractivity contribution < 1.29 is 13.9 Å². The number of aliphatic hydroxyl groups is 1. The molecule has 1 atom stereocenters. The maximum atomic E-state index is 9.48. The molecule has 1 N–H and O–H groups in total. The molecule has 2 aromatic rings. The van der Waals surface area contributed by atoms with Crippen LogP contribution in [0.5, 0.6) is 0 Å². The third-order valence-corrected chi connectivity index (χ3v) is 9.91. The summed E-state index contributed by atoms with van der Waals surface area (Å²) in [6.07, 6.45) is 2.52. The molecule has 0 fully saturated rings. The van der Waals surface area contributed by atoms with E-state index >= 15 is 0 Å². The zero-order chi connectivity index (χ0) is 20.2. The first-order valence-corrected chi connectivity index (χ1v) is 12.7. The van der Waals surface area contributed by atoms with Gasteiger partial charge in [-0.1, -0.05) is 44.5 Å². The Morgan fingerprint density at radius 1 is 1.26 bits per heavy atom. The lowest BCUT2D eigenvalue weighted by molar-refractivity contribution is 0.275. The van der Waals surface area contributed by atoms with Crippen molar-refractivity contribution in [2.24, 2.45) is 0 Å². The van der Waals surface area contributed by atoms with E-state index in [4.69, 9.17) is 20.4 Å². The topological polar surface area (TPSA) is 42.6 Å². The van der Waals surface area contributed by atoms with E-state index in [9.17, 15) is 5.11 Å². The first kappa shape index (κ1) is 21.8. The summed E-state index contributed by atoms with van der Waals surface area (Å²) < 4.78 is 12.4. The Kier molecular flexibility index (Phi) is 7.01. The average molecular weight is 407 g/mol. The largest absolute Gasteiger partial charge is 0.547 e. The van der Waals surface area contributed by atoms with Gasteiger partial charge in [0.05, 0.1) is 5.76 Å². The number of aliphatic hydroxyl groups excluding tert-OH is 1. The highest BCUT2D eigenvalue weighted by Crippen LogP contribution is 2.38. The average Bonchev–Trinajstić information content (AvgIpc) is 2.98. The molecule has 5 heteroatoms. The standard InChI is InChI=1S/C22H31ClO3Si/c1-16(26-27(5,6)22(2,3)4)14-19-10-11-21(25-19)20(12-13-24)17-8-7-9-18(23)15-17/h7-11,14-15,20,24H,12-13H2,1-6H3/b16-14-/t20-/m0/s1. The molecule has 0 aliphatic heterocycles. The lowest BCUT2D eigenvalue weighted by Crippen LogP contribution is -2.40. The smallest absolute Gasteiger partial charge is 0.250 e. The van der Waals surface area contributed by atoms with E-state index in [0.29, 0.717) is 11.4 Å². The van der Waals surface area contributed by atoms with Crippen molar-refractivity contribution in [3.05, 3.63) is 64.3 Å². The van der Waals surface area contributed by atoms with E-state index in [1.807, 2.05) is 49.4 Å². The minimum absolute atomic E-state index is 0.0301. The zero-order valence-electron chi connectivity index (χ0n) is 17.2. The van der Waals surface area contributed by atoms with E-state index in [1.165, 1.54) is 0 Å². The van der Waals surface area contributed by atoms with Crippen LogP contribution in [0.25, 0.3) is 6.08 Å². The molecule has 1 heterocycles. The van der Waals surface area contributed by atoms with Crippen LogP contribution in [0, 0.1) is 0 Å². The summed E-state index contributed by atoms with van der Waals surface area (Å²) in [4.78, 5) is 0. The van der Waals surface area contributed by atoms with Crippen molar-refractivity contribution in [3.8, 4) is 0 Å². The fraction of sp³-hybridized carbons (Fsp3) is 0.455. The van der Waals surface area contributed by atoms with Gasteiger partial charge in [0.25, 0.3) is 0 Å². The van der Waals surface area contributed by atoms with E-state index in [2.05, 4.69) is 33.9 Å². The molecule has 0 aliphatic rings. The monoisotopic (exact) mass is 406 g/mol. The van der Waals surface area contributed by atoms with Crippen LogP contribution in [-0.2, 0) is 4.43 Å². The van der Waals surface area contributed by atoms with Gasteiger partial charge < -0.3 is 13.9 Å². The maximum absolute atomic E-state index is 9.48. The Bertz CT molecular complexity index is 787. The van der Waals surface area contributed by atoms with Crippen LogP contribution in [0.4, 0.5) is 0 Å². The molecule has 0 aliphatic carbocycles. The molecule has 0 spiro atoms. The molecule has 3 nitrogen and oxygen atoms in total. The minimum atomic E-state index is -1.87. The van der Waals surface area contributed by atoms with Gasteiger partial charge in [0, 0.05) is 23.6 Å². The van der Waals surface area contributed by atoms with Gasteiger partial charge in [-0.15, -0.1) is 0 Å². The molecular formula is C22H31ClO3Si. The van der Waals surface area contributed by atoms with Crippen molar-refractivity contribution in [1.29, 1.82) is 0 Å². The molecular weight excluding hydrogens is 376 g/mol. The van der Waals surface area contributed by atoms with Gasteiger partial charge in [0.1, 0.15) is 11.5 Å². The van der Waals surface area contributed by atoms with Gasteiger partial charge in [-0.25, -0.2) is 0 Å². The quantitative estimate of drug-likeness (QED) is 0.404. The summed E-state index contributed by atoms with van der Waals surface area (Å²) in [5.74, 6) is 2.41. The second-order valence-electron chi connectivity index (χ2n) is 8.48. The molecule has 0 saturated heterocycles. The number of halogens is 1. The second kappa shape index (κ2) is 8.68. The Morgan fingerprint density at radius 2 is 1.96 bits per heavy atom. The number of hydrogen-bond donors (Lipinski definition) is 1. The molecule has 1 aromatic carbocycles. The van der Waals surface area contributed by atoms with Gasteiger partial charge in [0.2, 0.25) is 8.32 Å². The molecule has 27 heavy (non-hydrogen) atoms. The first-order chi connectivity index (χ1) is 12.5. The van der Waals surface area contributed by atoms with Gasteiger partial charge in [-0.3, -0.25) is 0 Å². The van der Waals surface area contributed by atoms with E-state index in [1.54, 1.807) is 0 Å². The summed E-state index contributed by atoms with van der Waals surface area (Å²) in [5, 5.41) is 10.3. The van der Waals surface area contributed by atoms with Crippen LogP contribution in [0.3, 0.4) is 0 Å². The minimum Gasteiger partial charge on any atom is -0.547 e. The van der Waals surface area contributed by atoms with Gasteiger partial charge >= 0.3 is 0 Å². The molecule has 0 radical (unpaired) electrons. The Morgan fingerprint density at radius 3 is 2.56 bits per heavy atom. The van der Waals surface area contributed by atoms with Crippen molar-refractivity contribution in [1.82, 2.24) is 0 Å². The number of benzene rings is 1. The van der Waals surface area contributed by atoms with Crippen LogP contribution < -0.4 is 0 Å². The molecule has 0 saturated carbocycles. The highest BCUT2D eigenvalue weighted by atomic mass is 35.5. The Balaban J connectivity index is 2.23. The van der Waals surface area contributed by atoms with Gasteiger partial charge in [-0.2, -0.15) is 0 Å². The molecule has 0 unspecified atom stereocenters. The normalized spacial score (nSPS) is 14.3. The fourth-order valence-electron chi connectivity index (χ4n) is 2.74. The molecule has 0 amide bonds.